The predicted octanol–water partition coefficient (Wildman–Crippen LogP) is 1.63. The summed E-state index contributed by atoms with van der Waals surface area (Å²) in [6, 6.07) is 5.95. The Labute approximate surface area is 150 Å². The van der Waals surface area contributed by atoms with E-state index in [-0.39, 0.29) is 12.5 Å². The van der Waals surface area contributed by atoms with Crippen LogP contribution in [0.25, 0.3) is 16.6 Å². The predicted molar refractivity (Wildman–Crippen MR) is 94.3 cm³/mol. The maximum absolute atomic E-state index is 13.0. The molecule has 132 valence electrons. The summed E-state index contributed by atoms with van der Waals surface area (Å²) in [6.45, 7) is 0.574. The first-order valence-corrected chi connectivity index (χ1v) is 8.26. The second-order valence-electron chi connectivity index (χ2n) is 6.51. The SMILES string of the molecule is COCC1(C#N)CCN(c2ccnn3cc(-c4cnn(C)c4)cc23)C1=O. The summed E-state index contributed by atoms with van der Waals surface area (Å²) >= 11 is 0. The summed E-state index contributed by atoms with van der Waals surface area (Å²) in [4.78, 5) is 14.6. The quantitative estimate of drug-likeness (QED) is 0.713. The normalized spacial score (nSPS) is 20.0. The minimum Gasteiger partial charge on any atom is -0.382 e. The van der Waals surface area contributed by atoms with Gasteiger partial charge in [-0.1, -0.05) is 0 Å². The number of nitrogens with zero attached hydrogens (tertiary/aromatic N) is 6. The van der Waals surface area contributed by atoms with E-state index < -0.39 is 5.41 Å². The zero-order valence-electron chi connectivity index (χ0n) is 14.6. The highest BCUT2D eigenvalue weighted by Gasteiger charge is 2.48. The second-order valence-corrected chi connectivity index (χ2v) is 6.51. The number of methoxy groups -OCH3 is 1. The Kier molecular flexibility index (Phi) is 3.74. The molecule has 8 heteroatoms. The number of carbonyl (C=O) groups is 1. The van der Waals surface area contributed by atoms with Crippen molar-refractivity contribution in [2.45, 2.75) is 6.42 Å². The molecule has 1 fully saturated rings. The third-order valence-corrected chi connectivity index (χ3v) is 4.84. The van der Waals surface area contributed by atoms with Gasteiger partial charge in [0.1, 0.15) is 0 Å². The molecule has 1 amide bonds. The van der Waals surface area contributed by atoms with Gasteiger partial charge in [-0.25, -0.2) is 4.52 Å². The van der Waals surface area contributed by atoms with Crippen LogP contribution in [-0.2, 0) is 16.6 Å². The van der Waals surface area contributed by atoms with Gasteiger partial charge in [0.25, 0.3) is 0 Å². The van der Waals surface area contributed by atoms with E-state index in [0.29, 0.717) is 13.0 Å². The molecular formula is C18H18N6O2. The fraction of sp³-hybridized carbons (Fsp3) is 0.333. The van der Waals surface area contributed by atoms with Gasteiger partial charge in [-0.05, 0) is 18.6 Å². The molecular weight excluding hydrogens is 332 g/mol. The number of carbonyl (C=O) groups excluding carboxylic acids is 1. The highest BCUT2D eigenvalue weighted by Crippen LogP contribution is 2.37. The maximum Gasteiger partial charge on any atom is 0.249 e. The van der Waals surface area contributed by atoms with E-state index in [1.54, 1.807) is 32.6 Å². The number of hydrogen-bond donors (Lipinski definition) is 0. The fourth-order valence-electron chi connectivity index (χ4n) is 3.47. The zero-order valence-corrected chi connectivity index (χ0v) is 14.6. The third-order valence-electron chi connectivity index (χ3n) is 4.84. The number of hydrogen-bond acceptors (Lipinski definition) is 5. The first-order chi connectivity index (χ1) is 12.6. The minimum atomic E-state index is -1.12. The van der Waals surface area contributed by atoms with Gasteiger partial charge < -0.3 is 9.64 Å². The number of fused-ring (bicyclic) bond motifs is 1. The molecule has 0 N–H and O–H groups in total. The van der Waals surface area contributed by atoms with Crippen LogP contribution in [0.1, 0.15) is 6.42 Å². The summed E-state index contributed by atoms with van der Waals surface area (Å²) in [6.07, 6.45) is 7.72. The van der Waals surface area contributed by atoms with E-state index in [1.807, 2.05) is 25.5 Å². The molecule has 0 aromatic carbocycles. The molecule has 4 heterocycles. The van der Waals surface area contributed by atoms with Gasteiger partial charge in [0, 0.05) is 50.4 Å². The van der Waals surface area contributed by atoms with E-state index in [0.717, 1.165) is 22.3 Å². The third kappa shape index (κ3) is 2.36. The summed E-state index contributed by atoms with van der Waals surface area (Å²) in [7, 11) is 3.37. The van der Waals surface area contributed by atoms with Gasteiger partial charge in [-0.15, -0.1) is 0 Å². The number of aromatic nitrogens is 4. The van der Waals surface area contributed by atoms with Crippen LogP contribution >= 0.6 is 0 Å². The van der Waals surface area contributed by atoms with E-state index >= 15 is 0 Å². The molecule has 0 spiro atoms. The van der Waals surface area contributed by atoms with Crippen LogP contribution in [0.3, 0.4) is 0 Å². The molecule has 0 radical (unpaired) electrons. The van der Waals surface area contributed by atoms with Crippen molar-refractivity contribution in [2.24, 2.45) is 12.5 Å². The van der Waals surface area contributed by atoms with Crippen molar-refractivity contribution >= 4 is 17.1 Å². The van der Waals surface area contributed by atoms with Crippen molar-refractivity contribution in [1.29, 1.82) is 5.26 Å². The van der Waals surface area contributed by atoms with Crippen LogP contribution < -0.4 is 4.90 Å². The van der Waals surface area contributed by atoms with Crippen LogP contribution in [0.15, 0.2) is 36.9 Å². The van der Waals surface area contributed by atoms with Gasteiger partial charge in [0.2, 0.25) is 5.91 Å². The van der Waals surface area contributed by atoms with Gasteiger partial charge >= 0.3 is 0 Å². The molecule has 3 aromatic rings. The molecule has 0 saturated carbocycles. The molecule has 1 aliphatic rings. The smallest absolute Gasteiger partial charge is 0.249 e. The van der Waals surface area contributed by atoms with Crippen LogP contribution in [0.4, 0.5) is 5.69 Å². The summed E-state index contributed by atoms with van der Waals surface area (Å²) in [5.41, 5.74) is 2.38. The standard InChI is InChI=1S/C18H18N6O2/c1-22-9-14(8-21-22)13-7-16-15(3-5-20-24(16)10-13)23-6-4-18(11-19,12-26-2)17(23)25/h3,5,7-10H,4,6,12H2,1-2H3. The molecule has 0 aliphatic carbocycles. The number of anilines is 1. The highest BCUT2D eigenvalue weighted by atomic mass is 16.5. The second kappa shape index (κ2) is 5.97. The van der Waals surface area contributed by atoms with Crippen molar-refractivity contribution in [3.05, 3.63) is 36.9 Å². The molecule has 8 nitrogen and oxygen atoms in total. The van der Waals surface area contributed by atoms with Crippen LogP contribution in [0.5, 0.6) is 0 Å². The van der Waals surface area contributed by atoms with Crippen molar-refractivity contribution in [3.8, 4) is 17.2 Å². The van der Waals surface area contributed by atoms with Crippen molar-refractivity contribution in [2.75, 3.05) is 25.2 Å². The van der Waals surface area contributed by atoms with E-state index in [9.17, 15) is 10.1 Å². The van der Waals surface area contributed by atoms with Crippen LogP contribution in [0.2, 0.25) is 0 Å². The Bertz CT molecular complexity index is 1030. The van der Waals surface area contributed by atoms with Crippen molar-refractivity contribution in [1.82, 2.24) is 19.4 Å². The minimum absolute atomic E-state index is 0.0994. The Balaban J connectivity index is 1.77. The average Bonchev–Trinajstić information content (AvgIpc) is 3.33. The van der Waals surface area contributed by atoms with Crippen molar-refractivity contribution in [3.63, 3.8) is 0 Å². The fourth-order valence-corrected chi connectivity index (χ4v) is 3.47. The molecule has 0 bridgehead atoms. The Hall–Kier alpha value is -3.18. The summed E-state index contributed by atoms with van der Waals surface area (Å²) < 4.78 is 8.61. The van der Waals surface area contributed by atoms with E-state index in [4.69, 9.17) is 4.74 Å². The molecule has 4 rings (SSSR count). The van der Waals surface area contributed by atoms with E-state index in [1.165, 1.54) is 7.11 Å². The molecule has 1 unspecified atom stereocenters. The lowest BCUT2D eigenvalue weighted by Crippen LogP contribution is -2.37. The molecule has 26 heavy (non-hydrogen) atoms. The van der Waals surface area contributed by atoms with Gasteiger partial charge in [0.05, 0.1) is 30.1 Å². The summed E-state index contributed by atoms with van der Waals surface area (Å²) in [5, 5.41) is 18.1. The van der Waals surface area contributed by atoms with E-state index in [2.05, 4.69) is 16.3 Å². The lowest BCUT2D eigenvalue weighted by atomic mass is 9.89. The molecule has 1 aliphatic heterocycles. The van der Waals surface area contributed by atoms with Gasteiger partial charge in [-0.2, -0.15) is 15.5 Å². The largest absolute Gasteiger partial charge is 0.382 e. The molecule has 3 aromatic heterocycles. The highest BCUT2D eigenvalue weighted by molar-refractivity contribution is 6.04. The maximum atomic E-state index is 13.0. The number of rotatable bonds is 4. The van der Waals surface area contributed by atoms with Crippen LogP contribution in [0, 0.1) is 16.7 Å². The van der Waals surface area contributed by atoms with Gasteiger partial charge in [0.15, 0.2) is 5.41 Å². The Morgan fingerprint density at radius 1 is 1.35 bits per heavy atom. The topological polar surface area (TPSA) is 88.4 Å². The lowest BCUT2D eigenvalue weighted by Gasteiger charge is -2.21. The Morgan fingerprint density at radius 3 is 2.88 bits per heavy atom. The number of nitriles is 1. The first kappa shape index (κ1) is 16.3. The zero-order chi connectivity index (χ0) is 18.3. The average molecular weight is 350 g/mol. The lowest BCUT2D eigenvalue weighted by molar-refractivity contribution is -0.125. The number of amides is 1. The van der Waals surface area contributed by atoms with Crippen molar-refractivity contribution < 1.29 is 9.53 Å². The number of ether oxygens (including phenoxy) is 1. The molecule has 1 atom stereocenters. The Morgan fingerprint density at radius 2 is 2.19 bits per heavy atom. The molecule has 1 saturated heterocycles. The first-order valence-electron chi connectivity index (χ1n) is 8.26. The summed E-state index contributed by atoms with van der Waals surface area (Å²) in [5.74, 6) is -0.223. The number of aryl methyl sites for hydroxylation is 1. The van der Waals surface area contributed by atoms with Gasteiger partial charge in [-0.3, -0.25) is 9.48 Å². The monoisotopic (exact) mass is 350 g/mol. The van der Waals surface area contributed by atoms with Crippen LogP contribution in [-0.4, -0.2) is 45.6 Å².